The van der Waals surface area contributed by atoms with E-state index in [1.54, 1.807) is 12.1 Å². The number of ketones is 1. The van der Waals surface area contributed by atoms with Crippen LogP contribution < -0.4 is 4.74 Å². The SMILES string of the molecule is CC(C)=CCc1cc([C@H]2Oc3c(CC=C(C)C)c(O)cc(O)c3C(=O)[C@@H]2O)cc(CC=C(C)C)c1O. The lowest BCUT2D eigenvalue weighted by Crippen LogP contribution is -2.36. The summed E-state index contributed by atoms with van der Waals surface area (Å²) in [5.74, 6) is -1.07. The lowest BCUT2D eigenvalue weighted by atomic mass is 9.88. The predicted molar refractivity (Wildman–Crippen MR) is 141 cm³/mol. The Morgan fingerprint density at radius 3 is 1.81 bits per heavy atom. The minimum atomic E-state index is -1.57. The number of allylic oxidation sites excluding steroid dienone is 6. The molecule has 6 nitrogen and oxygen atoms in total. The standard InChI is InChI=1S/C30H36O6/c1-16(2)7-10-19-13-21(14-20(26(19)33)11-8-17(3)4)29-28(35)27(34)25-24(32)15-23(31)22(30(25)36-29)12-9-18(5)6/h7-9,13-15,28-29,31-33,35H,10-12H2,1-6H3/t28-,29+/m0/s1. The van der Waals surface area contributed by atoms with Crippen molar-refractivity contribution in [2.24, 2.45) is 0 Å². The van der Waals surface area contributed by atoms with E-state index in [2.05, 4.69) is 0 Å². The highest BCUT2D eigenvalue weighted by atomic mass is 16.5. The van der Waals surface area contributed by atoms with Gasteiger partial charge in [0.1, 0.15) is 28.6 Å². The molecule has 0 saturated carbocycles. The fourth-order valence-electron chi connectivity index (χ4n) is 4.16. The summed E-state index contributed by atoms with van der Waals surface area (Å²) in [5.41, 5.74) is 5.28. The molecule has 0 unspecified atom stereocenters. The van der Waals surface area contributed by atoms with Crippen molar-refractivity contribution < 1.29 is 30.0 Å². The minimum Gasteiger partial charge on any atom is -0.507 e. The number of phenols is 3. The Hall–Kier alpha value is -3.51. The first-order valence-electron chi connectivity index (χ1n) is 12.1. The van der Waals surface area contributed by atoms with Crippen LogP contribution in [0.1, 0.15) is 80.3 Å². The largest absolute Gasteiger partial charge is 0.507 e. The van der Waals surface area contributed by atoms with Crippen molar-refractivity contribution in [1.82, 2.24) is 0 Å². The van der Waals surface area contributed by atoms with E-state index < -0.39 is 23.7 Å². The van der Waals surface area contributed by atoms with Crippen LogP contribution >= 0.6 is 0 Å². The van der Waals surface area contributed by atoms with Crippen molar-refractivity contribution >= 4 is 5.78 Å². The van der Waals surface area contributed by atoms with Crippen molar-refractivity contribution in [3.63, 3.8) is 0 Å². The average molecular weight is 493 g/mol. The molecule has 0 fully saturated rings. The number of carbonyl (C=O) groups is 1. The number of hydrogen-bond acceptors (Lipinski definition) is 6. The summed E-state index contributed by atoms with van der Waals surface area (Å²) >= 11 is 0. The molecule has 0 aromatic heterocycles. The van der Waals surface area contributed by atoms with Crippen LogP contribution in [-0.2, 0) is 19.3 Å². The van der Waals surface area contributed by atoms with E-state index in [0.29, 0.717) is 41.5 Å². The zero-order chi connectivity index (χ0) is 26.7. The molecule has 2 aromatic rings. The summed E-state index contributed by atoms with van der Waals surface area (Å²) in [6.07, 6.45) is 4.48. The molecule has 0 aliphatic carbocycles. The molecule has 192 valence electrons. The van der Waals surface area contributed by atoms with E-state index in [1.807, 2.05) is 59.8 Å². The molecule has 0 bridgehead atoms. The third kappa shape index (κ3) is 5.82. The number of aliphatic hydroxyl groups excluding tert-OH is 1. The van der Waals surface area contributed by atoms with Gasteiger partial charge in [0.25, 0.3) is 0 Å². The van der Waals surface area contributed by atoms with E-state index in [1.165, 1.54) is 0 Å². The number of benzene rings is 2. The third-order valence-corrected chi connectivity index (χ3v) is 6.18. The molecule has 36 heavy (non-hydrogen) atoms. The second-order valence-electron chi connectivity index (χ2n) is 10.1. The molecule has 4 N–H and O–H groups in total. The van der Waals surface area contributed by atoms with Crippen LogP contribution in [0.2, 0.25) is 0 Å². The Morgan fingerprint density at radius 2 is 1.31 bits per heavy atom. The summed E-state index contributed by atoms with van der Waals surface area (Å²) in [5, 5.41) is 42.9. The summed E-state index contributed by atoms with van der Waals surface area (Å²) in [6.45, 7) is 11.7. The maximum Gasteiger partial charge on any atom is 0.202 e. The molecular formula is C30H36O6. The molecular weight excluding hydrogens is 456 g/mol. The van der Waals surface area contributed by atoms with Crippen LogP contribution in [0.5, 0.6) is 23.0 Å². The van der Waals surface area contributed by atoms with Gasteiger partial charge in [-0.15, -0.1) is 0 Å². The maximum atomic E-state index is 13.2. The molecule has 2 atom stereocenters. The van der Waals surface area contributed by atoms with E-state index >= 15 is 0 Å². The lowest BCUT2D eigenvalue weighted by Gasteiger charge is -2.32. The zero-order valence-corrected chi connectivity index (χ0v) is 21.8. The number of aliphatic hydroxyl groups is 1. The fourth-order valence-corrected chi connectivity index (χ4v) is 4.16. The number of aromatic hydroxyl groups is 3. The van der Waals surface area contributed by atoms with Gasteiger partial charge in [0.05, 0.1) is 0 Å². The first-order valence-corrected chi connectivity index (χ1v) is 12.1. The van der Waals surface area contributed by atoms with Crippen LogP contribution in [0.15, 0.2) is 53.1 Å². The van der Waals surface area contributed by atoms with Crippen molar-refractivity contribution in [3.8, 4) is 23.0 Å². The monoisotopic (exact) mass is 492 g/mol. The van der Waals surface area contributed by atoms with Gasteiger partial charge in [-0.25, -0.2) is 0 Å². The van der Waals surface area contributed by atoms with Crippen molar-refractivity contribution in [2.75, 3.05) is 0 Å². The Balaban J connectivity index is 2.17. The van der Waals surface area contributed by atoms with Crippen molar-refractivity contribution in [3.05, 3.63) is 81.0 Å². The van der Waals surface area contributed by atoms with Gasteiger partial charge in [0.2, 0.25) is 5.78 Å². The van der Waals surface area contributed by atoms with Gasteiger partial charge in [-0.1, -0.05) is 34.9 Å². The van der Waals surface area contributed by atoms with E-state index in [-0.39, 0.29) is 22.8 Å². The van der Waals surface area contributed by atoms with Gasteiger partial charge in [0, 0.05) is 11.6 Å². The number of Topliss-reactive ketones (excluding diaryl/α,β-unsaturated/α-hetero) is 1. The number of carbonyl (C=O) groups excluding carboxylic acids is 1. The predicted octanol–water partition coefficient (Wildman–Crippen LogP) is 6.01. The second-order valence-corrected chi connectivity index (χ2v) is 10.1. The van der Waals surface area contributed by atoms with Gasteiger partial charge in [0.15, 0.2) is 12.2 Å². The Labute approximate surface area is 212 Å². The topological polar surface area (TPSA) is 107 Å². The average Bonchev–Trinajstić information content (AvgIpc) is 2.78. The van der Waals surface area contributed by atoms with Gasteiger partial charge < -0.3 is 25.2 Å². The van der Waals surface area contributed by atoms with E-state index in [0.717, 1.165) is 22.8 Å². The van der Waals surface area contributed by atoms with Gasteiger partial charge >= 0.3 is 0 Å². The first-order chi connectivity index (χ1) is 16.9. The molecule has 0 radical (unpaired) electrons. The van der Waals surface area contributed by atoms with Gasteiger partial charge in [-0.05, 0) is 89.6 Å². The first kappa shape index (κ1) is 27.1. The number of ether oxygens (including phenoxy) is 1. The Kier molecular flexibility index (Phi) is 8.31. The zero-order valence-electron chi connectivity index (χ0n) is 21.8. The highest BCUT2D eigenvalue weighted by molar-refractivity contribution is 6.06. The normalized spacial score (nSPS) is 16.6. The smallest absolute Gasteiger partial charge is 0.202 e. The molecule has 0 amide bonds. The molecule has 3 rings (SSSR count). The highest BCUT2D eigenvalue weighted by Gasteiger charge is 2.41. The molecule has 1 aliphatic rings. The summed E-state index contributed by atoms with van der Waals surface area (Å²) < 4.78 is 6.19. The van der Waals surface area contributed by atoms with Gasteiger partial charge in [-0.2, -0.15) is 0 Å². The quantitative estimate of drug-likeness (QED) is 0.353. The Morgan fingerprint density at radius 1 is 0.806 bits per heavy atom. The molecule has 6 heteroatoms. The van der Waals surface area contributed by atoms with Crippen molar-refractivity contribution in [1.29, 1.82) is 0 Å². The highest BCUT2D eigenvalue weighted by Crippen LogP contribution is 2.46. The number of fused-ring (bicyclic) bond motifs is 1. The molecule has 0 saturated heterocycles. The van der Waals surface area contributed by atoms with Crippen LogP contribution in [0.3, 0.4) is 0 Å². The molecule has 0 spiro atoms. The van der Waals surface area contributed by atoms with E-state index in [4.69, 9.17) is 4.74 Å². The summed E-state index contributed by atoms with van der Waals surface area (Å²) in [7, 11) is 0. The third-order valence-electron chi connectivity index (χ3n) is 6.18. The molecule has 1 heterocycles. The number of hydrogen-bond donors (Lipinski definition) is 4. The lowest BCUT2D eigenvalue weighted by molar-refractivity contribution is 0.0206. The Bertz CT molecular complexity index is 1210. The second kappa shape index (κ2) is 11.0. The van der Waals surface area contributed by atoms with Crippen molar-refractivity contribution in [2.45, 2.75) is 73.0 Å². The number of phenolic OH excluding ortho intramolecular Hbond substituents is 3. The summed E-state index contributed by atoms with van der Waals surface area (Å²) in [4.78, 5) is 13.2. The van der Waals surface area contributed by atoms with Crippen LogP contribution in [0.4, 0.5) is 0 Å². The maximum absolute atomic E-state index is 13.2. The minimum absolute atomic E-state index is 0.0649. The van der Waals surface area contributed by atoms with Gasteiger partial charge in [-0.3, -0.25) is 4.79 Å². The fraction of sp³-hybridized carbons (Fsp3) is 0.367. The van der Waals surface area contributed by atoms with Crippen LogP contribution in [0, 0.1) is 0 Å². The van der Waals surface area contributed by atoms with Crippen LogP contribution in [0.25, 0.3) is 0 Å². The molecule has 2 aromatic carbocycles. The van der Waals surface area contributed by atoms with E-state index in [9.17, 15) is 25.2 Å². The summed E-state index contributed by atoms with van der Waals surface area (Å²) in [6, 6.07) is 4.59. The number of rotatable bonds is 7. The molecule has 1 aliphatic heterocycles. The van der Waals surface area contributed by atoms with Crippen LogP contribution in [-0.4, -0.2) is 32.3 Å².